The van der Waals surface area contributed by atoms with Crippen molar-refractivity contribution in [3.8, 4) is 11.5 Å². The van der Waals surface area contributed by atoms with Crippen LogP contribution < -0.4 is 11.5 Å². The number of rotatable bonds is 4. The fourth-order valence-corrected chi connectivity index (χ4v) is 2.03. The van der Waals surface area contributed by atoms with E-state index in [0.29, 0.717) is 21.2 Å². The molecule has 26 heavy (non-hydrogen) atoms. The van der Waals surface area contributed by atoms with Crippen LogP contribution in [-0.4, -0.2) is 34.3 Å². The van der Waals surface area contributed by atoms with Crippen LogP contribution in [0.2, 0.25) is 10.0 Å². The molecule has 0 aliphatic rings. The Bertz CT molecular complexity index is 849. The van der Waals surface area contributed by atoms with Crippen molar-refractivity contribution in [1.29, 1.82) is 0 Å². The zero-order valence-corrected chi connectivity index (χ0v) is 14.7. The van der Waals surface area contributed by atoms with Crippen LogP contribution in [0.25, 0.3) is 0 Å². The Morgan fingerprint density at radius 1 is 0.769 bits per heavy atom. The molecule has 0 amide bonds. The molecule has 2 aromatic rings. The van der Waals surface area contributed by atoms with E-state index in [9.17, 15) is 10.2 Å². The van der Waals surface area contributed by atoms with Crippen LogP contribution in [0, 0.1) is 0 Å². The third-order valence-electron chi connectivity index (χ3n) is 2.97. The van der Waals surface area contributed by atoms with Gasteiger partial charge in [0.1, 0.15) is 11.5 Å². The van der Waals surface area contributed by atoms with E-state index in [1.165, 1.54) is 48.8 Å². The molecule has 6 N–H and O–H groups in total. The predicted octanol–water partition coefficient (Wildman–Crippen LogP) is 2.49. The van der Waals surface area contributed by atoms with Crippen LogP contribution in [0.15, 0.2) is 56.8 Å². The number of phenols is 2. The molecule has 0 saturated heterocycles. The molecule has 0 aliphatic heterocycles. The lowest BCUT2D eigenvalue weighted by atomic mass is 10.2. The van der Waals surface area contributed by atoms with Crippen molar-refractivity contribution in [2.75, 3.05) is 0 Å². The minimum atomic E-state index is -0.185. The van der Waals surface area contributed by atoms with E-state index in [0.717, 1.165) is 0 Å². The average molecular weight is 393 g/mol. The van der Waals surface area contributed by atoms with Gasteiger partial charge in [0.25, 0.3) is 0 Å². The fourth-order valence-electron chi connectivity index (χ4n) is 1.67. The number of nitrogens with two attached hydrogens (primary N) is 2. The number of hydrogen-bond acceptors (Lipinski definition) is 6. The minimum Gasteiger partial charge on any atom is -0.507 e. The van der Waals surface area contributed by atoms with Gasteiger partial charge in [0.2, 0.25) is 0 Å². The quantitative estimate of drug-likeness (QED) is 0.360. The van der Waals surface area contributed by atoms with Gasteiger partial charge in [0.15, 0.2) is 11.7 Å². The van der Waals surface area contributed by atoms with Crippen LogP contribution in [0.1, 0.15) is 11.1 Å². The molecule has 0 atom stereocenters. The second kappa shape index (κ2) is 8.84. The maximum Gasteiger partial charge on any atom is 0.190 e. The molecule has 0 heterocycles. The molecular formula is C16H14Cl2N6O2. The third-order valence-corrected chi connectivity index (χ3v) is 3.44. The zero-order valence-electron chi connectivity index (χ0n) is 13.2. The molecule has 0 saturated carbocycles. The molecule has 0 unspecified atom stereocenters. The lowest BCUT2D eigenvalue weighted by molar-refractivity contribution is 0.474. The van der Waals surface area contributed by atoms with Gasteiger partial charge in [-0.1, -0.05) is 23.2 Å². The van der Waals surface area contributed by atoms with E-state index >= 15 is 0 Å². The molecule has 0 bridgehead atoms. The number of nitrogens with zero attached hydrogens (tertiary/aromatic N) is 4. The number of amidine groups is 2. The summed E-state index contributed by atoms with van der Waals surface area (Å²) in [5, 5.41) is 34.9. The van der Waals surface area contributed by atoms with Gasteiger partial charge in [0, 0.05) is 21.2 Å². The molecular weight excluding hydrogens is 379 g/mol. The van der Waals surface area contributed by atoms with Gasteiger partial charge in [-0.25, -0.2) is 0 Å². The van der Waals surface area contributed by atoms with Gasteiger partial charge in [-0.05, 0) is 36.4 Å². The van der Waals surface area contributed by atoms with Crippen molar-refractivity contribution in [1.82, 2.24) is 0 Å². The van der Waals surface area contributed by atoms with Gasteiger partial charge in [-0.15, -0.1) is 10.2 Å². The number of benzene rings is 2. The van der Waals surface area contributed by atoms with Crippen molar-refractivity contribution in [2.24, 2.45) is 31.9 Å². The molecule has 0 radical (unpaired) electrons. The monoisotopic (exact) mass is 392 g/mol. The maximum absolute atomic E-state index is 9.65. The zero-order chi connectivity index (χ0) is 19.1. The molecule has 0 spiro atoms. The first-order valence-electron chi connectivity index (χ1n) is 7.07. The Balaban J connectivity index is 2.09. The van der Waals surface area contributed by atoms with Gasteiger partial charge in [-0.2, -0.15) is 10.2 Å². The predicted molar refractivity (Wildman–Crippen MR) is 105 cm³/mol. The first-order chi connectivity index (χ1) is 12.4. The van der Waals surface area contributed by atoms with Crippen molar-refractivity contribution in [3.05, 3.63) is 57.6 Å². The van der Waals surface area contributed by atoms with Crippen molar-refractivity contribution < 1.29 is 10.2 Å². The summed E-state index contributed by atoms with van der Waals surface area (Å²) in [6, 6.07) is 8.92. The SMILES string of the molecule is NC(=N/N=C\c1cc(Cl)ccc1O)C(N)=N/N=C/c1cc(Cl)ccc1O. The van der Waals surface area contributed by atoms with Gasteiger partial charge >= 0.3 is 0 Å². The Hall–Kier alpha value is -3.10. The highest BCUT2D eigenvalue weighted by atomic mass is 35.5. The van der Waals surface area contributed by atoms with Crippen LogP contribution >= 0.6 is 23.2 Å². The molecule has 134 valence electrons. The Kier molecular flexibility index (Phi) is 6.54. The summed E-state index contributed by atoms with van der Waals surface area (Å²) >= 11 is 11.6. The summed E-state index contributed by atoms with van der Waals surface area (Å²) < 4.78 is 0. The highest BCUT2D eigenvalue weighted by Crippen LogP contribution is 2.20. The first-order valence-corrected chi connectivity index (χ1v) is 7.83. The fraction of sp³-hybridized carbons (Fsp3) is 0. The normalized spacial score (nSPS) is 13.0. The molecule has 8 nitrogen and oxygen atoms in total. The highest BCUT2D eigenvalue weighted by molar-refractivity contribution is 6.39. The largest absolute Gasteiger partial charge is 0.507 e. The molecule has 0 fully saturated rings. The standard InChI is InChI=1S/C16H14Cl2N6O2/c17-11-1-3-13(25)9(5-11)7-21-23-15(19)16(20)24-22-8-10-6-12(18)2-4-14(10)26/h1-8,25-26H,(H2,19,23)(H2,20,24)/b21-7-,22-8+. The van der Waals surface area contributed by atoms with E-state index in [4.69, 9.17) is 34.7 Å². The molecule has 2 rings (SSSR count). The highest BCUT2D eigenvalue weighted by Gasteiger charge is 2.01. The van der Waals surface area contributed by atoms with Gasteiger partial charge < -0.3 is 21.7 Å². The number of phenolic OH excluding ortho intramolecular Hbond substituents is 2. The summed E-state index contributed by atoms with van der Waals surface area (Å²) in [5.74, 6) is -0.399. The summed E-state index contributed by atoms with van der Waals surface area (Å²) in [6.07, 6.45) is 2.52. The Morgan fingerprint density at radius 2 is 1.15 bits per heavy atom. The lowest BCUT2D eigenvalue weighted by Gasteiger charge is -1.98. The molecule has 0 aromatic heterocycles. The number of aromatic hydroxyl groups is 2. The second-order valence-corrected chi connectivity index (χ2v) is 5.74. The van der Waals surface area contributed by atoms with Gasteiger partial charge in [-0.3, -0.25) is 0 Å². The first kappa shape index (κ1) is 19.2. The summed E-state index contributed by atoms with van der Waals surface area (Å²) in [5.41, 5.74) is 12.0. The smallest absolute Gasteiger partial charge is 0.190 e. The summed E-state index contributed by atoms with van der Waals surface area (Å²) in [6.45, 7) is 0. The van der Waals surface area contributed by atoms with Crippen LogP contribution in [0.3, 0.4) is 0 Å². The molecule has 0 aliphatic carbocycles. The average Bonchev–Trinajstić information content (AvgIpc) is 2.60. The van der Waals surface area contributed by atoms with Crippen LogP contribution in [-0.2, 0) is 0 Å². The lowest BCUT2D eigenvalue weighted by Crippen LogP contribution is -2.30. The van der Waals surface area contributed by atoms with E-state index < -0.39 is 0 Å². The van der Waals surface area contributed by atoms with E-state index in [-0.39, 0.29) is 23.2 Å². The minimum absolute atomic E-state index is 0.0144. The van der Waals surface area contributed by atoms with Crippen LogP contribution in [0.4, 0.5) is 0 Å². The third kappa shape index (κ3) is 5.47. The maximum atomic E-state index is 9.65. The summed E-state index contributed by atoms with van der Waals surface area (Å²) in [4.78, 5) is 0. The van der Waals surface area contributed by atoms with Crippen LogP contribution in [0.5, 0.6) is 11.5 Å². The number of hydrogen-bond donors (Lipinski definition) is 4. The van der Waals surface area contributed by atoms with Crippen molar-refractivity contribution in [3.63, 3.8) is 0 Å². The second-order valence-electron chi connectivity index (χ2n) is 4.87. The van der Waals surface area contributed by atoms with E-state index in [1.54, 1.807) is 0 Å². The van der Waals surface area contributed by atoms with Gasteiger partial charge in [0.05, 0.1) is 12.4 Å². The summed E-state index contributed by atoms with van der Waals surface area (Å²) in [7, 11) is 0. The Labute approximate surface area is 158 Å². The topological polar surface area (TPSA) is 142 Å². The van der Waals surface area contributed by atoms with Crippen molar-refractivity contribution >= 4 is 47.3 Å². The molecule has 2 aromatic carbocycles. The molecule has 10 heteroatoms. The Morgan fingerprint density at radius 3 is 1.54 bits per heavy atom. The van der Waals surface area contributed by atoms with Crippen molar-refractivity contribution in [2.45, 2.75) is 0 Å². The van der Waals surface area contributed by atoms with E-state index in [1.807, 2.05) is 0 Å². The van der Waals surface area contributed by atoms with E-state index in [2.05, 4.69) is 20.4 Å². The number of halogens is 2.